The number of nitrogens with zero attached hydrogens (tertiary/aromatic N) is 3. The van der Waals surface area contributed by atoms with E-state index in [0.717, 1.165) is 0 Å². The van der Waals surface area contributed by atoms with Gasteiger partial charge in [-0.3, -0.25) is 4.79 Å². The molecule has 0 radical (unpaired) electrons. The van der Waals surface area contributed by atoms with Crippen molar-refractivity contribution in [2.75, 3.05) is 22.5 Å². The first kappa shape index (κ1) is 15.6. The molecule has 0 aliphatic heterocycles. The molecule has 0 unspecified atom stereocenters. The molecule has 0 aliphatic rings. The molecule has 7 nitrogen and oxygen atoms in total. The maximum absolute atomic E-state index is 11.8. The lowest BCUT2D eigenvalue weighted by atomic mass is 10.2. The Labute approximate surface area is 131 Å². The van der Waals surface area contributed by atoms with Crippen LogP contribution in [0.2, 0.25) is 0 Å². The van der Waals surface area contributed by atoms with Crippen LogP contribution in [0.4, 0.5) is 17.3 Å². The number of rotatable bonds is 5. The van der Waals surface area contributed by atoms with Gasteiger partial charge in [0, 0.05) is 23.9 Å². The second-order valence-electron chi connectivity index (χ2n) is 4.34. The molecular weight excluding hydrogens is 300 g/mol. The van der Waals surface area contributed by atoms with E-state index in [9.17, 15) is 4.79 Å². The van der Waals surface area contributed by atoms with E-state index in [0.29, 0.717) is 33.8 Å². The number of nitrogen functional groups attached to an aromatic ring is 2. The van der Waals surface area contributed by atoms with E-state index in [2.05, 4.69) is 15.3 Å². The summed E-state index contributed by atoms with van der Waals surface area (Å²) in [5.41, 5.74) is 12.2. The van der Waals surface area contributed by atoms with Crippen LogP contribution in [-0.2, 0) is 4.79 Å². The van der Waals surface area contributed by atoms with Crippen LogP contribution >= 0.6 is 11.8 Å². The van der Waals surface area contributed by atoms with Gasteiger partial charge in [-0.25, -0.2) is 9.97 Å². The molecule has 0 aliphatic carbocycles. The first-order valence-electron chi connectivity index (χ1n) is 6.39. The zero-order valence-electron chi connectivity index (χ0n) is 11.6. The summed E-state index contributed by atoms with van der Waals surface area (Å²) in [5, 5.41) is 12.0. The van der Waals surface area contributed by atoms with Crippen molar-refractivity contribution < 1.29 is 4.79 Å². The highest BCUT2D eigenvalue weighted by Crippen LogP contribution is 2.17. The largest absolute Gasteiger partial charge is 0.383 e. The summed E-state index contributed by atoms with van der Waals surface area (Å²) >= 11 is 1.30. The predicted molar refractivity (Wildman–Crippen MR) is 86.0 cm³/mol. The van der Waals surface area contributed by atoms with Gasteiger partial charge in [-0.15, -0.1) is 0 Å². The summed E-state index contributed by atoms with van der Waals surface area (Å²) in [6.45, 7) is 0. The van der Waals surface area contributed by atoms with E-state index in [4.69, 9.17) is 16.7 Å². The standard InChI is InChI=1S/C14H14N6OS/c15-8-9-2-1-3-10(6-9)18-13(21)4-5-22-14-19-11(16)7-12(17)20-14/h1-3,6-7H,4-5H2,(H,18,21)(H4,16,17,19,20). The van der Waals surface area contributed by atoms with Crippen molar-refractivity contribution in [2.45, 2.75) is 11.6 Å². The lowest BCUT2D eigenvalue weighted by Crippen LogP contribution is -2.12. The lowest BCUT2D eigenvalue weighted by molar-refractivity contribution is -0.115. The van der Waals surface area contributed by atoms with E-state index in [1.807, 2.05) is 6.07 Å². The molecule has 1 amide bonds. The minimum absolute atomic E-state index is 0.153. The van der Waals surface area contributed by atoms with Gasteiger partial charge < -0.3 is 16.8 Å². The molecule has 5 N–H and O–H groups in total. The highest BCUT2D eigenvalue weighted by Gasteiger charge is 2.06. The first-order valence-corrected chi connectivity index (χ1v) is 7.38. The molecule has 0 spiro atoms. The van der Waals surface area contributed by atoms with Crippen molar-refractivity contribution in [3.63, 3.8) is 0 Å². The highest BCUT2D eigenvalue weighted by molar-refractivity contribution is 7.99. The molecule has 112 valence electrons. The summed E-state index contributed by atoms with van der Waals surface area (Å²) in [6, 6.07) is 10.2. The van der Waals surface area contributed by atoms with Crippen molar-refractivity contribution in [1.29, 1.82) is 5.26 Å². The Morgan fingerprint density at radius 2 is 2.00 bits per heavy atom. The Morgan fingerprint density at radius 3 is 2.68 bits per heavy atom. The number of carbonyl (C=O) groups excluding carboxylic acids is 1. The van der Waals surface area contributed by atoms with Gasteiger partial charge in [-0.1, -0.05) is 17.8 Å². The van der Waals surface area contributed by atoms with E-state index < -0.39 is 0 Å². The molecule has 0 fully saturated rings. The van der Waals surface area contributed by atoms with Gasteiger partial charge in [0.2, 0.25) is 5.91 Å². The number of amides is 1. The summed E-state index contributed by atoms with van der Waals surface area (Å²) < 4.78 is 0. The molecular formula is C14H14N6OS. The van der Waals surface area contributed by atoms with Gasteiger partial charge in [0.05, 0.1) is 11.6 Å². The van der Waals surface area contributed by atoms with Crippen molar-refractivity contribution in [3.05, 3.63) is 35.9 Å². The van der Waals surface area contributed by atoms with E-state index >= 15 is 0 Å². The van der Waals surface area contributed by atoms with Crippen LogP contribution in [0, 0.1) is 11.3 Å². The number of anilines is 3. The molecule has 0 saturated carbocycles. The Balaban J connectivity index is 1.84. The quantitative estimate of drug-likeness (QED) is 0.564. The molecule has 2 aromatic rings. The number of nitrogens with one attached hydrogen (secondary N) is 1. The average Bonchev–Trinajstić information content (AvgIpc) is 2.46. The summed E-state index contributed by atoms with van der Waals surface area (Å²) in [4.78, 5) is 19.9. The highest BCUT2D eigenvalue weighted by atomic mass is 32.2. The van der Waals surface area contributed by atoms with Gasteiger partial charge >= 0.3 is 0 Å². The maximum Gasteiger partial charge on any atom is 0.225 e. The first-order chi connectivity index (χ1) is 10.6. The van der Waals surface area contributed by atoms with Crippen molar-refractivity contribution in [2.24, 2.45) is 0 Å². The molecule has 2 rings (SSSR count). The van der Waals surface area contributed by atoms with Crippen molar-refractivity contribution in [3.8, 4) is 6.07 Å². The fourth-order valence-corrected chi connectivity index (χ4v) is 2.46. The van der Waals surface area contributed by atoms with Gasteiger partial charge in [-0.05, 0) is 18.2 Å². The smallest absolute Gasteiger partial charge is 0.225 e. The zero-order valence-corrected chi connectivity index (χ0v) is 12.4. The Bertz CT molecular complexity index is 707. The third-order valence-electron chi connectivity index (χ3n) is 2.58. The van der Waals surface area contributed by atoms with E-state index in [1.165, 1.54) is 17.8 Å². The Hall–Kier alpha value is -2.79. The summed E-state index contributed by atoms with van der Waals surface area (Å²) in [6.07, 6.45) is 0.277. The van der Waals surface area contributed by atoms with Crippen molar-refractivity contribution >= 4 is 35.0 Å². The second kappa shape index (κ2) is 7.28. The topological polar surface area (TPSA) is 131 Å². The predicted octanol–water partition coefficient (Wildman–Crippen LogP) is 1.63. The normalized spacial score (nSPS) is 9.95. The van der Waals surface area contributed by atoms with E-state index in [1.54, 1.807) is 24.3 Å². The molecule has 0 bridgehead atoms. The number of nitriles is 1. The number of thioether (sulfide) groups is 1. The molecule has 1 aromatic carbocycles. The minimum atomic E-state index is -0.153. The third-order valence-corrected chi connectivity index (χ3v) is 3.43. The maximum atomic E-state index is 11.8. The summed E-state index contributed by atoms with van der Waals surface area (Å²) in [5.74, 6) is 0.937. The van der Waals surface area contributed by atoms with Crippen LogP contribution < -0.4 is 16.8 Å². The number of carbonyl (C=O) groups is 1. The molecule has 8 heteroatoms. The third kappa shape index (κ3) is 4.64. The molecule has 22 heavy (non-hydrogen) atoms. The second-order valence-corrected chi connectivity index (χ2v) is 5.40. The van der Waals surface area contributed by atoms with Gasteiger partial charge in [0.1, 0.15) is 11.6 Å². The van der Waals surface area contributed by atoms with Gasteiger partial charge in [0.15, 0.2) is 5.16 Å². The van der Waals surface area contributed by atoms with Crippen molar-refractivity contribution in [1.82, 2.24) is 9.97 Å². The van der Waals surface area contributed by atoms with E-state index in [-0.39, 0.29) is 12.3 Å². The Morgan fingerprint density at radius 1 is 1.27 bits per heavy atom. The SMILES string of the molecule is N#Cc1cccc(NC(=O)CCSc2nc(N)cc(N)n2)c1. The van der Waals surface area contributed by atoms with Crippen LogP contribution in [-0.4, -0.2) is 21.6 Å². The molecule has 0 atom stereocenters. The molecule has 0 saturated heterocycles. The number of hydrogen-bond donors (Lipinski definition) is 3. The average molecular weight is 314 g/mol. The van der Waals surface area contributed by atoms with Gasteiger partial charge in [-0.2, -0.15) is 5.26 Å². The number of nitrogens with two attached hydrogens (primary N) is 2. The van der Waals surface area contributed by atoms with Crippen LogP contribution in [0.25, 0.3) is 0 Å². The monoisotopic (exact) mass is 314 g/mol. The zero-order chi connectivity index (χ0) is 15.9. The summed E-state index contributed by atoms with van der Waals surface area (Å²) in [7, 11) is 0. The van der Waals surface area contributed by atoms with Crippen LogP contribution in [0.3, 0.4) is 0 Å². The number of aromatic nitrogens is 2. The van der Waals surface area contributed by atoms with Crippen LogP contribution in [0.5, 0.6) is 0 Å². The van der Waals surface area contributed by atoms with Gasteiger partial charge in [0.25, 0.3) is 0 Å². The minimum Gasteiger partial charge on any atom is -0.383 e. The molecule has 1 aromatic heterocycles. The molecule has 1 heterocycles. The van der Waals surface area contributed by atoms with Crippen LogP contribution in [0.15, 0.2) is 35.5 Å². The number of benzene rings is 1. The lowest BCUT2D eigenvalue weighted by Gasteiger charge is -2.05. The number of hydrogen-bond acceptors (Lipinski definition) is 7. The van der Waals surface area contributed by atoms with Crippen LogP contribution in [0.1, 0.15) is 12.0 Å². The fraction of sp³-hybridized carbons (Fsp3) is 0.143. The fourth-order valence-electron chi connectivity index (χ4n) is 1.65. The Kier molecular flexibility index (Phi) is 5.16.